The number of benzene rings is 1. The lowest BCUT2D eigenvalue weighted by atomic mass is 10.2. The minimum atomic E-state index is -0.508. The molecule has 0 saturated carbocycles. The standard InChI is InChI=1S/C17H23NO4/c1-3-4-5-8-13-22-17(20)12-11-16(19)18-14-9-6-7-10-15(14)21-2/h6-7,9-12H,3-5,8,13H2,1-2H3,(H,18,19)/b12-11+. The van der Waals surface area contributed by atoms with E-state index < -0.39 is 11.9 Å². The Bertz CT molecular complexity index is 511. The monoisotopic (exact) mass is 305 g/mol. The minimum Gasteiger partial charge on any atom is -0.495 e. The summed E-state index contributed by atoms with van der Waals surface area (Å²) in [6, 6.07) is 7.05. The number of amides is 1. The van der Waals surface area contributed by atoms with Crippen LogP contribution in [0, 0.1) is 0 Å². The Morgan fingerprint density at radius 2 is 1.91 bits per heavy atom. The molecule has 22 heavy (non-hydrogen) atoms. The summed E-state index contributed by atoms with van der Waals surface area (Å²) in [7, 11) is 1.52. The Balaban J connectivity index is 2.36. The molecule has 0 aliphatic carbocycles. The first-order valence-corrected chi connectivity index (χ1v) is 7.46. The maximum Gasteiger partial charge on any atom is 0.330 e. The second-order valence-corrected chi connectivity index (χ2v) is 4.75. The number of rotatable bonds is 9. The van der Waals surface area contributed by atoms with Gasteiger partial charge in [-0.15, -0.1) is 0 Å². The van der Waals surface area contributed by atoms with Gasteiger partial charge in [0.25, 0.3) is 0 Å². The number of para-hydroxylation sites is 2. The van der Waals surface area contributed by atoms with E-state index in [1.807, 2.05) is 0 Å². The van der Waals surface area contributed by atoms with Gasteiger partial charge in [0.2, 0.25) is 5.91 Å². The molecular weight excluding hydrogens is 282 g/mol. The molecule has 0 unspecified atom stereocenters. The van der Waals surface area contributed by atoms with Crippen LogP contribution in [0.5, 0.6) is 5.75 Å². The van der Waals surface area contributed by atoms with Crippen LogP contribution in [0.1, 0.15) is 32.6 Å². The molecule has 1 amide bonds. The van der Waals surface area contributed by atoms with E-state index in [9.17, 15) is 9.59 Å². The topological polar surface area (TPSA) is 64.6 Å². The molecule has 0 radical (unpaired) electrons. The molecule has 0 heterocycles. The molecule has 1 aromatic rings. The van der Waals surface area contributed by atoms with Crippen LogP contribution in [0.4, 0.5) is 5.69 Å². The van der Waals surface area contributed by atoms with Crippen LogP contribution < -0.4 is 10.1 Å². The van der Waals surface area contributed by atoms with Crippen LogP contribution in [-0.4, -0.2) is 25.6 Å². The average molecular weight is 305 g/mol. The van der Waals surface area contributed by atoms with Crippen molar-refractivity contribution in [2.24, 2.45) is 0 Å². The van der Waals surface area contributed by atoms with Crippen molar-refractivity contribution in [1.82, 2.24) is 0 Å². The summed E-state index contributed by atoms with van der Waals surface area (Å²) in [5.74, 6) is -0.359. The Kier molecular flexibility index (Phi) is 8.42. The molecule has 0 spiro atoms. The summed E-state index contributed by atoms with van der Waals surface area (Å²) < 4.78 is 10.1. The fourth-order valence-electron chi connectivity index (χ4n) is 1.82. The van der Waals surface area contributed by atoms with Gasteiger partial charge >= 0.3 is 5.97 Å². The number of esters is 1. The van der Waals surface area contributed by atoms with Crippen LogP contribution >= 0.6 is 0 Å². The normalized spacial score (nSPS) is 10.5. The first-order chi connectivity index (χ1) is 10.7. The highest BCUT2D eigenvalue weighted by Crippen LogP contribution is 2.22. The zero-order valence-electron chi connectivity index (χ0n) is 13.1. The van der Waals surface area contributed by atoms with Crippen LogP contribution in [-0.2, 0) is 14.3 Å². The molecule has 0 bridgehead atoms. The van der Waals surface area contributed by atoms with E-state index >= 15 is 0 Å². The van der Waals surface area contributed by atoms with Gasteiger partial charge in [-0.25, -0.2) is 4.79 Å². The minimum absolute atomic E-state index is 0.386. The summed E-state index contributed by atoms with van der Waals surface area (Å²) in [5, 5.41) is 2.64. The van der Waals surface area contributed by atoms with Gasteiger partial charge in [0.15, 0.2) is 0 Å². The van der Waals surface area contributed by atoms with Crippen molar-refractivity contribution in [2.45, 2.75) is 32.6 Å². The third kappa shape index (κ3) is 6.92. The van der Waals surface area contributed by atoms with Crippen molar-refractivity contribution in [3.05, 3.63) is 36.4 Å². The van der Waals surface area contributed by atoms with Crippen molar-refractivity contribution in [1.29, 1.82) is 0 Å². The maximum atomic E-state index is 11.7. The van der Waals surface area contributed by atoms with Gasteiger partial charge in [-0.3, -0.25) is 4.79 Å². The lowest BCUT2D eigenvalue weighted by molar-refractivity contribution is -0.138. The fourth-order valence-corrected chi connectivity index (χ4v) is 1.82. The molecule has 1 aromatic carbocycles. The number of hydrogen-bond donors (Lipinski definition) is 1. The van der Waals surface area contributed by atoms with Crippen molar-refractivity contribution in [2.75, 3.05) is 19.0 Å². The second-order valence-electron chi connectivity index (χ2n) is 4.75. The van der Waals surface area contributed by atoms with E-state index in [-0.39, 0.29) is 0 Å². The highest BCUT2D eigenvalue weighted by Gasteiger charge is 2.05. The molecular formula is C17H23NO4. The van der Waals surface area contributed by atoms with Crippen molar-refractivity contribution in [3.8, 4) is 5.75 Å². The van der Waals surface area contributed by atoms with Crippen LogP contribution in [0.2, 0.25) is 0 Å². The molecule has 0 aliphatic heterocycles. The van der Waals surface area contributed by atoms with Gasteiger partial charge in [0.1, 0.15) is 5.75 Å². The summed E-state index contributed by atoms with van der Waals surface area (Å²) in [6.07, 6.45) is 6.44. The fraction of sp³-hybridized carbons (Fsp3) is 0.412. The number of carbonyl (C=O) groups excluding carboxylic acids is 2. The molecule has 0 fully saturated rings. The lowest BCUT2D eigenvalue weighted by Crippen LogP contribution is -2.10. The highest BCUT2D eigenvalue weighted by atomic mass is 16.5. The van der Waals surface area contributed by atoms with Crippen LogP contribution in [0.25, 0.3) is 0 Å². The van der Waals surface area contributed by atoms with E-state index in [2.05, 4.69) is 12.2 Å². The molecule has 1 rings (SSSR count). The van der Waals surface area contributed by atoms with Gasteiger partial charge in [-0.05, 0) is 18.6 Å². The van der Waals surface area contributed by atoms with E-state index in [0.717, 1.165) is 37.8 Å². The number of anilines is 1. The molecule has 1 N–H and O–H groups in total. The Labute approximate surface area is 131 Å². The van der Waals surface area contributed by atoms with E-state index in [0.29, 0.717) is 18.0 Å². The maximum absolute atomic E-state index is 11.7. The predicted octanol–water partition coefficient (Wildman–Crippen LogP) is 3.31. The summed E-state index contributed by atoms with van der Waals surface area (Å²) >= 11 is 0. The zero-order chi connectivity index (χ0) is 16.2. The molecule has 0 atom stereocenters. The summed E-state index contributed by atoms with van der Waals surface area (Å²) in [5.41, 5.74) is 0.549. The van der Waals surface area contributed by atoms with E-state index in [1.54, 1.807) is 24.3 Å². The van der Waals surface area contributed by atoms with Crippen molar-refractivity contribution < 1.29 is 19.1 Å². The van der Waals surface area contributed by atoms with Gasteiger partial charge in [-0.2, -0.15) is 0 Å². The van der Waals surface area contributed by atoms with Gasteiger partial charge in [0, 0.05) is 12.2 Å². The summed E-state index contributed by atoms with van der Waals surface area (Å²) in [4.78, 5) is 23.2. The van der Waals surface area contributed by atoms with Gasteiger partial charge < -0.3 is 14.8 Å². The van der Waals surface area contributed by atoms with Crippen LogP contribution in [0.15, 0.2) is 36.4 Å². The second kappa shape index (κ2) is 10.4. The molecule has 0 aliphatic rings. The molecule has 5 nitrogen and oxygen atoms in total. The zero-order valence-corrected chi connectivity index (χ0v) is 13.1. The quantitative estimate of drug-likeness (QED) is 0.432. The molecule has 5 heteroatoms. The number of nitrogens with one attached hydrogen (secondary N) is 1. The van der Waals surface area contributed by atoms with Crippen molar-refractivity contribution >= 4 is 17.6 Å². The SMILES string of the molecule is CCCCCCOC(=O)/C=C/C(=O)Nc1ccccc1OC. The smallest absolute Gasteiger partial charge is 0.330 e. The molecule has 0 aromatic heterocycles. The first kappa shape index (κ1) is 17.8. The number of ether oxygens (including phenoxy) is 2. The molecule has 0 saturated heterocycles. The molecule has 120 valence electrons. The number of unbranched alkanes of at least 4 members (excludes halogenated alkanes) is 3. The summed E-state index contributed by atoms with van der Waals surface area (Å²) in [6.45, 7) is 2.51. The third-order valence-corrected chi connectivity index (χ3v) is 2.98. The van der Waals surface area contributed by atoms with Gasteiger partial charge in [0.05, 0.1) is 19.4 Å². The number of methoxy groups -OCH3 is 1. The van der Waals surface area contributed by atoms with E-state index in [4.69, 9.17) is 9.47 Å². The number of carbonyl (C=O) groups is 2. The third-order valence-electron chi connectivity index (χ3n) is 2.98. The largest absolute Gasteiger partial charge is 0.495 e. The van der Waals surface area contributed by atoms with E-state index in [1.165, 1.54) is 7.11 Å². The van der Waals surface area contributed by atoms with Crippen molar-refractivity contribution in [3.63, 3.8) is 0 Å². The van der Waals surface area contributed by atoms with Gasteiger partial charge in [-0.1, -0.05) is 38.3 Å². The Hall–Kier alpha value is -2.30. The average Bonchev–Trinajstić information content (AvgIpc) is 2.53. The Morgan fingerprint density at radius 3 is 2.64 bits per heavy atom. The first-order valence-electron chi connectivity index (χ1n) is 7.46. The highest BCUT2D eigenvalue weighted by molar-refractivity contribution is 6.03. The number of hydrogen-bond acceptors (Lipinski definition) is 4. The van der Waals surface area contributed by atoms with Crippen LogP contribution in [0.3, 0.4) is 0 Å². The Morgan fingerprint density at radius 1 is 1.14 bits per heavy atom. The predicted molar refractivity (Wildman–Crippen MR) is 85.9 cm³/mol. The lowest BCUT2D eigenvalue weighted by Gasteiger charge is -2.07.